The summed E-state index contributed by atoms with van der Waals surface area (Å²) in [6, 6.07) is 0. The minimum atomic E-state index is 0.486. The lowest BCUT2D eigenvalue weighted by atomic mass is 10.1. The summed E-state index contributed by atoms with van der Waals surface area (Å²) in [6.07, 6.45) is 14.0. The second kappa shape index (κ2) is 11.4. The van der Waals surface area contributed by atoms with Crippen LogP contribution in [-0.4, -0.2) is 5.25 Å². The van der Waals surface area contributed by atoms with Crippen LogP contribution in [0.3, 0.4) is 0 Å². The number of rotatable bonds is 10. The molecule has 0 saturated heterocycles. The van der Waals surface area contributed by atoms with Crippen LogP contribution < -0.4 is 0 Å². The fourth-order valence-electron chi connectivity index (χ4n) is 1.74. The predicted molar refractivity (Wildman–Crippen MR) is 68.9 cm³/mol. The van der Waals surface area contributed by atoms with Crippen molar-refractivity contribution in [2.75, 3.05) is 0 Å². The molecule has 0 saturated carbocycles. The van der Waals surface area contributed by atoms with Gasteiger partial charge >= 0.3 is 0 Å². The third kappa shape index (κ3) is 12.3. The zero-order valence-corrected chi connectivity index (χ0v) is 10.9. The van der Waals surface area contributed by atoms with E-state index < -0.39 is 0 Å². The van der Waals surface area contributed by atoms with Gasteiger partial charge in [-0.25, -0.2) is 0 Å². The highest BCUT2D eigenvalue weighted by molar-refractivity contribution is 7.80. The zero-order chi connectivity index (χ0) is 10.6. The van der Waals surface area contributed by atoms with Crippen molar-refractivity contribution >= 4 is 12.6 Å². The van der Waals surface area contributed by atoms with Gasteiger partial charge in [0.05, 0.1) is 0 Å². The van der Waals surface area contributed by atoms with Gasteiger partial charge in [-0.05, 0) is 6.42 Å². The quantitative estimate of drug-likeness (QED) is 0.422. The van der Waals surface area contributed by atoms with E-state index in [9.17, 15) is 0 Å². The third-order valence-corrected chi connectivity index (χ3v) is 2.95. The molecule has 0 fully saturated rings. The lowest BCUT2D eigenvalue weighted by Crippen LogP contribution is -1.90. The van der Waals surface area contributed by atoms with E-state index in [1.807, 2.05) is 0 Å². The minimum Gasteiger partial charge on any atom is -0.0907 e. The Bertz CT molecular complexity index is 99.4. The molecule has 1 heteroatoms. The molecule has 0 amide bonds. The normalized spacial score (nSPS) is 13.1. The van der Waals surface area contributed by atoms with Crippen LogP contribution in [0.5, 0.6) is 0 Å². The Morgan fingerprint density at radius 2 is 1.21 bits per heavy atom. The Morgan fingerprint density at radius 3 is 1.64 bits per heavy atom. The molecule has 0 heterocycles. The molecule has 0 N–H and O–H groups in total. The van der Waals surface area contributed by atoms with Crippen LogP contribution in [0.4, 0.5) is 0 Å². The molecule has 1 radical (unpaired) electrons. The average molecular weight is 215 g/mol. The van der Waals surface area contributed by atoms with Crippen molar-refractivity contribution in [2.24, 2.45) is 0 Å². The molecule has 0 aromatic carbocycles. The van der Waals surface area contributed by atoms with Gasteiger partial charge < -0.3 is 0 Å². The lowest BCUT2D eigenvalue weighted by Gasteiger charge is -2.03. The first kappa shape index (κ1) is 14.3. The monoisotopic (exact) mass is 215 g/mol. The molecule has 0 aromatic rings. The SMILES string of the molecule is CCCCCCCCCCCC(C)[S]. The Labute approximate surface area is 96.3 Å². The number of hydrogen-bond acceptors (Lipinski definition) is 0. The molecule has 0 spiro atoms. The maximum absolute atomic E-state index is 5.13. The van der Waals surface area contributed by atoms with Crippen molar-refractivity contribution in [3.63, 3.8) is 0 Å². The first-order chi connectivity index (χ1) is 6.77. The van der Waals surface area contributed by atoms with Crippen molar-refractivity contribution in [2.45, 2.75) is 83.3 Å². The van der Waals surface area contributed by atoms with E-state index in [4.69, 9.17) is 12.6 Å². The van der Waals surface area contributed by atoms with Crippen molar-refractivity contribution in [1.82, 2.24) is 0 Å². The highest BCUT2D eigenvalue weighted by atomic mass is 32.1. The molecule has 1 unspecified atom stereocenters. The summed E-state index contributed by atoms with van der Waals surface area (Å²) < 4.78 is 0. The third-order valence-electron chi connectivity index (χ3n) is 2.71. The molecular weight excluding hydrogens is 188 g/mol. The fourth-order valence-corrected chi connectivity index (χ4v) is 1.91. The van der Waals surface area contributed by atoms with E-state index >= 15 is 0 Å². The molecule has 0 aliphatic carbocycles. The lowest BCUT2D eigenvalue weighted by molar-refractivity contribution is 0.556. The van der Waals surface area contributed by atoms with Gasteiger partial charge in [0.1, 0.15) is 0 Å². The maximum Gasteiger partial charge on any atom is 0.0123 e. The van der Waals surface area contributed by atoms with Gasteiger partial charge in [0.25, 0.3) is 0 Å². The smallest absolute Gasteiger partial charge is 0.0123 e. The van der Waals surface area contributed by atoms with Crippen molar-refractivity contribution in [3.8, 4) is 0 Å². The zero-order valence-electron chi connectivity index (χ0n) is 10.1. The molecule has 0 aromatic heterocycles. The van der Waals surface area contributed by atoms with E-state index in [0.717, 1.165) is 0 Å². The summed E-state index contributed by atoms with van der Waals surface area (Å²) in [5.74, 6) is 0. The van der Waals surface area contributed by atoms with Crippen LogP contribution in [0.15, 0.2) is 0 Å². The summed E-state index contributed by atoms with van der Waals surface area (Å²) >= 11 is 5.13. The molecule has 0 nitrogen and oxygen atoms in total. The van der Waals surface area contributed by atoms with Gasteiger partial charge in [0, 0.05) is 5.25 Å². The molecule has 85 valence electrons. The molecule has 1 atom stereocenters. The van der Waals surface area contributed by atoms with E-state index in [0.29, 0.717) is 5.25 Å². The molecule has 0 rings (SSSR count). The molecule has 0 bridgehead atoms. The Kier molecular flexibility index (Phi) is 11.7. The number of unbranched alkanes of at least 4 members (excludes halogenated alkanes) is 8. The minimum absolute atomic E-state index is 0.486. The van der Waals surface area contributed by atoms with Crippen LogP contribution in [0.25, 0.3) is 0 Å². The van der Waals surface area contributed by atoms with Gasteiger partial charge in [-0.15, -0.1) is 0 Å². The molecule has 0 aliphatic heterocycles. The van der Waals surface area contributed by atoms with Crippen LogP contribution >= 0.6 is 12.6 Å². The second-order valence-corrected chi connectivity index (χ2v) is 5.23. The fraction of sp³-hybridized carbons (Fsp3) is 1.00. The first-order valence-corrected chi connectivity index (χ1v) is 6.90. The van der Waals surface area contributed by atoms with Crippen LogP contribution in [0.1, 0.15) is 78.1 Å². The van der Waals surface area contributed by atoms with E-state index in [1.54, 1.807) is 0 Å². The number of hydrogen-bond donors (Lipinski definition) is 0. The van der Waals surface area contributed by atoms with Gasteiger partial charge in [0.2, 0.25) is 0 Å². The second-order valence-electron chi connectivity index (χ2n) is 4.43. The van der Waals surface area contributed by atoms with Crippen LogP contribution in [0, 0.1) is 0 Å². The Morgan fingerprint density at radius 1 is 0.786 bits per heavy atom. The first-order valence-electron chi connectivity index (χ1n) is 6.43. The van der Waals surface area contributed by atoms with E-state index in [-0.39, 0.29) is 0 Å². The van der Waals surface area contributed by atoms with Crippen molar-refractivity contribution in [1.29, 1.82) is 0 Å². The summed E-state index contributed by atoms with van der Waals surface area (Å²) in [4.78, 5) is 0. The largest absolute Gasteiger partial charge is 0.0907 e. The molecule has 0 aliphatic rings. The summed E-state index contributed by atoms with van der Waals surface area (Å²) in [5.41, 5.74) is 0. The van der Waals surface area contributed by atoms with Gasteiger partial charge in [0.15, 0.2) is 0 Å². The molecular formula is C13H27S. The van der Waals surface area contributed by atoms with Crippen LogP contribution in [0.2, 0.25) is 0 Å². The topological polar surface area (TPSA) is 0 Å². The van der Waals surface area contributed by atoms with Gasteiger partial charge in [-0.2, -0.15) is 0 Å². The Balaban J connectivity index is 2.85. The highest BCUT2D eigenvalue weighted by Crippen LogP contribution is 2.12. The van der Waals surface area contributed by atoms with Gasteiger partial charge in [-0.3, -0.25) is 0 Å². The summed E-state index contributed by atoms with van der Waals surface area (Å²) in [5, 5.41) is 0.486. The standard InChI is InChI=1S/C13H27S/c1-3-4-5-6-7-8-9-10-11-12-13(2)14/h13H,3-12H2,1-2H3. The van der Waals surface area contributed by atoms with E-state index in [1.165, 1.54) is 64.2 Å². The average Bonchev–Trinajstić information content (AvgIpc) is 2.15. The van der Waals surface area contributed by atoms with Crippen molar-refractivity contribution in [3.05, 3.63) is 0 Å². The van der Waals surface area contributed by atoms with E-state index in [2.05, 4.69) is 13.8 Å². The summed E-state index contributed by atoms with van der Waals surface area (Å²) in [7, 11) is 0. The highest BCUT2D eigenvalue weighted by Gasteiger charge is 1.95. The summed E-state index contributed by atoms with van der Waals surface area (Å²) in [6.45, 7) is 4.41. The Hall–Kier alpha value is 0.350. The molecule has 14 heavy (non-hydrogen) atoms. The maximum atomic E-state index is 5.13. The van der Waals surface area contributed by atoms with Crippen LogP contribution in [-0.2, 0) is 0 Å². The predicted octanol–water partition coefficient (Wildman–Crippen LogP) is 5.49. The van der Waals surface area contributed by atoms with Crippen molar-refractivity contribution < 1.29 is 0 Å². The van der Waals surface area contributed by atoms with Gasteiger partial charge in [-0.1, -0.05) is 84.3 Å².